The second-order valence-electron chi connectivity index (χ2n) is 5.40. The third kappa shape index (κ3) is 4.19. The first kappa shape index (κ1) is 15.8. The summed E-state index contributed by atoms with van der Waals surface area (Å²) in [6.45, 7) is 4.05. The maximum Gasteiger partial charge on any atom is 0.251 e. The molecule has 0 radical (unpaired) electrons. The molecule has 21 heavy (non-hydrogen) atoms. The Labute approximate surface area is 126 Å². The molecule has 1 amide bonds. The van der Waals surface area contributed by atoms with Crippen LogP contribution in [0.15, 0.2) is 24.3 Å². The van der Waals surface area contributed by atoms with Gasteiger partial charge in [0.1, 0.15) is 11.9 Å². The van der Waals surface area contributed by atoms with Crippen molar-refractivity contribution < 1.29 is 14.3 Å². The second kappa shape index (κ2) is 7.43. The molecule has 0 spiro atoms. The number of likely N-dealkylation sites (N-methyl/N-ethyl adjacent to an activating group) is 1. The normalized spacial score (nSPS) is 19.3. The van der Waals surface area contributed by atoms with E-state index in [0.29, 0.717) is 6.61 Å². The van der Waals surface area contributed by atoms with Gasteiger partial charge in [0.2, 0.25) is 0 Å². The van der Waals surface area contributed by atoms with Crippen molar-refractivity contribution in [2.45, 2.75) is 32.1 Å². The second-order valence-corrected chi connectivity index (χ2v) is 5.40. The number of nitrogens with one attached hydrogen (secondary N) is 1. The molecule has 1 heterocycles. The monoisotopic (exact) mass is 292 g/mol. The fourth-order valence-corrected chi connectivity index (χ4v) is 2.49. The van der Waals surface area contributed by atoms with Gasteiger partial charge in [-0.25, -0.2) is 0 Å². The van der Waals surface area contributed by atoms with Crippen molar-refractivity contribution in [1.29, 1.82) is 0 Å². The molecular formula is C16H24N2O3. The predicted octanol–water partition coefficient (Wildman–Crippen LogP) is 1.42. The zero-order valence-electron chi connectivity index (χ0n) is 13.0. The number of benzene rings is 1. The molecule has 0 aliphatic carbocycles. The summed E-state index contributed by atoms with van der Waals surface area (Å²) in [4.78, 5) is 14.1. The predicted molar refractivity (Wildman–Crippen MR) is 81.3 cm³/mol. The van der Waals surface area contributed by atoms with Gasteiger partial charge in [-0.15, -0.1) is 0 Å². The van der Waals surface area contributed by atoms with E-state index in [4.69, 9.17) is 9.47 Å². The number of carbonyl (C=O) groups is 1. The Morgan fingerprint density at radius 3 is 3.00 bits per heavy atom. The summed E-state index contributed by atoms with van der Waals surface area (Å²) in [6.07, 6.45) is 0.562. The molecule has 1 fully saturated rings. The van der Waals surface area contributed by atoms with Crippen molar-refractivity contribution in [3.63, 3.8) is 0 Å². The summed E-state index contributed by atoms with van der Waals surface area (Å²) >= 11 is 0. The quantitative estimate of drug-likeness (QED) is 0.861. The van der Waals surface area contributed by atoms with E-state index in [2.05, 4.69) is 5.32 Å². The van der Waals surface area contributed by atoms with Crippen LogP contribution in [0.5, 0.6) is 5.75 Å². The number of amides is 1. The van der Waals surface area contributed by atoms with E-state index in [1.807, 2.05) is 31.3 Å². The van der Waals surface area contributed by atoms with Crippen LogP contribution in [0.1, 0.15) is 18.9 Å². The van der Waals surface area contributed by atoms with E-state index < -0.39 is 6.10 Å². The molecule has 0 saturated carbocycles. The van der Waals surface area contributed by atoms with E-state index in [-0.39, 0.29) is 11.9 Å². The smallest absolute Gasteiger partial charge is 0.251 e. The van der Waals surface area contributed by atoms with Crippen LogP contribution in [0.2, 0.25) is 0 Å². The molecule has 1 aliphatic heterocycles. The van der Waals surface area contributed by atoms with Crippen molar-refractivity contribution in [1.82, 2.24) is 10.2 Å². The minimum Gasteiger partial charge on any atom is -0.497 e. The number of hydrogen-bond acceptors (Lipinski definition) is 4. The topological polar surface area (TPSA) is 50.8 Å². The maximum atomic E-state index is 12.3. The molecule has 2 atom stereocenters. The van der Waals surface area contributed by atoms with Crippen LogP contribution in [0.3, 0.4) is 0 Å². The fourth-order valence-electron chi connectivity index (χ4n) is 2.49. The van der Waals surface area contributed by atoms with Crippen LogP contribution in [-0.2, 0) is 16.1 Å². The van der Waals surface area contributed by atoms with Crippen molar-refractivity contribution in [2.24, 2.45) is 0 Å². The van der Waals surface area contributed by atoms with Gasteiger partial charge in [-0.3, -0.25) is 4.79 Å². The first-order valence-corrected chi connectivity index (χ1v) is 7.33. The average Bonchev–Trinajstić information content (AvgIpc) is 3.05. The highest BCUT2D eigenvalue weighted by molar-refractivity contribution is 5.80. The Morgan fingerprint density at radius 1 is 1.52 bits per heavy atom. The largest absolute Gasteiger partial charge is 0.497 e. The van der Waals surface area contributed by atoms with Crippen LogP contribution in [0.4, 0.5) is 0 Å². The van der Waals surface area contributed by atoms with Crippen molar-refractivity contribution in [2.75, 3.05) is 27.2 Å². The summed E-state index contributed by atoms with van der Waals surface area (Å²) in [7, 11) is 3.49. The Balaban J connectivity index is 1.85. The SMILES string of the molecule is COc1cccc(COC(C)C(=O)N(C)C2CCNC2)c1. The molecule has 1 aromatic rings. The summed E-state index contributed by atoms with van der Waals surface area (Å²) in [5.41, 5.74) is 0.999. The summed E-state index contributed by atoms with van der Waals surface area (Å²) < 4.78 is 10.9. The lowest BCUT2D eigenvalue weighted by Gasteiger charge is -2.26. The van der Waals surface area contributed by atoms with E-state index >= 15 is 0 Å². The van der Waals surface area contributed by atoms with Crippen LogP contribution in [0, 0.1) is 0 Å². The molecule has 2 unspecified atom stereocenters. The van der Waals surface area contributed by atoms with Crippen molar-refractivity contribution >= 4 is 5.91 Å². The summed E-state index contributed by atoms with van der Waals surface area (Å²) in [5.74, 6) is 0.829. The average molecular weight is 292 g/mol. The molecule has 1 aromatic carbocycles. The van der Waals surface area contributed by atoms with Gasteiger partial charge in [0.15, 0.2) is 0 Å². The van der Waals surface area contributed by atoms with E-state index in [9.17, 15) is 4.79 Å². The van der Waals surface area contributed by atoms with E-state index in [1.165, 1.54) is 0 Å². The fraction of sp³-hybridized carbons (Fsp3) is 0.562. The molecule has 5 heteroatoms. The minimum absolute atomic E-state index is 0.0339. The first-order valence-electron chi connectivity index (χ1n) is 7.33. The third-order valence-electron chi connectivity index (χ3n) is 3.91. The van der Waals surface area contributed by atoms with E-state index in [1.54, 1.807) is 18.9 Å². The molecule has 2 rings (SSSR count). The van der Waals surface area contributed by atoms with Gasteiger partial charge in [-0.1, -0.05) is 12.1 Å². The van der Waals surface area contributed by atoms with Gasteiger partial charge in [0, 0.05) is 19.6 Å². The molecule has 5 nitrogen and oxygen atoms in total. The van der Waals surface area contributed by atoms with Gasteiger partial charge in [-0.05, 0) is 37.6 Å². The lowest BCUT2D eigenvalue weighted by atomic mass is 10.2. The summed E-state index contributed by atoms with van der Waals surface area (Å²) in [5, 5.41) is 3.27. The lowest BCUT2D eigenvalue weighted by molar-refractivity contribution is -0.143. The first-order chi connectivity index (χ1) is 10.1. The zero-order valence-corrected chi connectivity index (χ0v) is 13.0. The standard InChI is InChI=1S/C16H24N2O3/c1-12(16(19)18(2)14-7-8-17-10-14)21-11-13-5-4-6-15(9-13)20-3/h4-6,9,12,14,17H,7-8,10-11H2,1-3H3. The molecule has 0 bridgehead atoms. The minimum atomic E-state index is -0.443. The van der Waals surface area contributed by atoms with Crippen molar-refractivity contribution in [3.8, 4) is 5.75 Å². The number of hydrogen-bond donors (Lipinski definition) is 1. The number of carbonyl (C=O) groups excluding carboxylic acids is 1. The highest BCUT2D eigenvalue weighted by atomic mass is 16.5. The van der Waals surface area contributed by atoms with E-state index in [0.717, 1.165) is 30.8 Å². The highest BCUT2D eigenvalue weighted by Crippen LogP contribution is 2.15. The van der Waals surface area contributed by atoms with Crippen LogP contribution < -0.4 is 10.1 Å². The third-order valence-corrected chi connectivity index (χ3v) is 3.91. The number of methoxy groups -OCH3 is 1. The van der Waals surface area contributed by atoms with Crippen molar-refractivity contribution in [3.05, 3.63) is 29.8 Å². The molecule has 1 aliphatic rings. The van der Waals surface area contributed by atoms with Crippen LogP contribution in [-0.4, -0.2) is 50.2 Å². The molecule has 1 saturated heterocycles. The molecule has 1 N–H and O–H groups in total. The Kier molecular flexibility index (Phi) is 5.59. The molecular weight excluding hydrogens is 268 g/mol. The van der Waals surface area contributed by atoms with Gasteiger partial charge in [0.05, 0.1) is 13.7 Å². The van der Waals surface area contributed by atoms with Gasteiger partial charge >= 0.3 is 0 Å². The number of ether oxygens (including phenoxy) is 2. The molecule has 0 aromatic heterocycles. The Hall–Kier alpha value is -1.59. The Bertz CT molecular complexity index is 472. The van der Waals surface area contributed by atoms with Gasteiger partial charge in [0.25, 0.3) is 5.91 Å². The Morgan fingerprint density at radius 2 is 2.33 bits per heavy atom. The maximum absolute atomic E-state index is 12.3. The van der Waals surface area contributed by atoms with Crippen LogP contribution in [0.25, 0.3) is 0 Å². The molecule has 116 valence electrons. The number of rotatable bonds is 6. The van der Waals surface area contributed by atoms with Crippen LogP contribution >= 0.6 is 0 Å². The lowest BCUT2D eigenvalue weighted by Crippen LogP contribution is -2.43. The highest BCUT2D eigenvalue weighted by Gasteiger charge is 2.26. The summed E-state index contributed by atoms with van der Waals surface area (Å²) in [6, 6.07) is 7.96. The number of nitrogens with zero attached hydrogens (tertiary/aromatic N) is 1. The zero-order chi connectivity index (χ0) is 15.2. The van der Waals surface area contributed by atoms with Gasteiger partial charge < -0.3 is 19.7 Å². The van der Waals surface area contributed by atoms with Gasteiger partial charge in [-0.2, -0.15) is 0 Å².